The number of terminal acetylenes is 2. The van der Waals surface area contributed by atoms with E-state index in [0.29, 0.717) is 54.6 Å². The van der Waals surface area contributed by atoms with Crippen LogP contribution in [0.1, 0.15) is 209 Å². The summed E-state index contributed by atoms with van der Waals surface area (Å²) >= 11 is 5.76. The molecule has 4 saturated carbocycles. The molecule has 8 aromatic rings. The van der Waals surface area contributed by atoms with Crippen molar-refractivity contribution >= 4 is 127 Å². The Kier molecular flexibility index (Phi) is 42.9. The minimum absolute atomic E-state index is 0.293. The first-order valence-corrected chi connectivity index (χ1v) is 78.0. The molecule has 3 aliphatic heterocycles. The van der Waals surface area contributed by atoms with Crippen LogP contribution in [0.2, 0.25) is 137 Å². The number of hydrogen-bond donors (Lipinski definition) is 1. The predicted molar refractivity (Wildman–Crippen MR) is 616 cm³/mol. The van der Waals surface area contributed by atoms with E-state index in [4.69, 9.17) is 92.2 Å². The normalized spacial score (nSPS) is 22.8. The first kappa shape index (κ1) is 122. The zero-order chi connectivity index (χ0) is 110. The highest BCUT2D eigenvalue weighted by atomic mass is 127. The van der Waals surface area contributed by atoms with Crippen LogP contribution in [0.4, 0.5) is 0 Å². The van der Waals surface area contributed by atoms with Crippen LogP contribution < -0.4 is 0 Å². The molecule has 15 rings (SSSR count). The Balaban J connectivity index is 0.000000186. The van der Waals surface area contributed by atoms with Gasteiger partial charge in [0, 0.05) is 59.5 Å². The lowest BCUT2D eigenvalue weighted by atomic mass is 9.86. The number of ether oxygens (including phenoxy) is 8. The molecule has 3 saturated heterocycles. The van der Waals surface area contributed by atoms with E-state index in [-0.39, 0.29) is 12.7 Å². The number of aliphatic hydroxyl groups is 1. The zero-order valence-corrected chi connectivity index (χ0v) is 103. The van der Waals surface area contributed by atoms with Gasteiger partial charge in [-0.2, -0.15) is 10.5 Å². The van der Waals surface area contributed by atoms with Crippen molar-refractivity contribution in [1.82, 2.24) is 0 Å². The first-order chi connectivity index (χ1) is 70.3. The summed E-state index contributed by atoms with van der Waals surface area (Å²) in [6.45, 7) is 50.0. The minimum atomic E-state index is -2.25. The number of cyclic esters (lactones) is 1. The van der Waals surface area contributed by atoms with Gasteiger partial charge in [0.15, 0.2) is 88.7 Å². The lowest BCUT2D eigenvalue weighted by molar-refractivity contribution is -0.348. The summed E-state index contributed by atoms with van der Waals surface area (Å²) in [7, 11) is -12.5. The van der Waals surface area contributed by atoms with Crippen LogP contribution in [0.15, 0.2) is 174 Å². The fraction of sp³-hybridized carbons (Fsp3) is 0.500. The van der Waals surface area contributed by atoms with Gasteiger partial charge in [-0.25, -0.2) is 4.79 Å². The second kappa shape index (κ2) is 52.8. The molecule has 0 unspecified atom stereocenters. The van der Waals surface area contributed by atoms with E-state index >= 15 is 0 Å². The molecule has 3 heterocycles. The molecule has 4 aliphatic carbocycles. The lowest BCUT2D eigenvalue weighted by Gasteiger charge is -2.54. The molecule has 806 valence electrons. The van der Waals surface area contributed by atoms with Crippen LogP contribution in [-0.4, -0.2) is 193 Å². The number of methoxy groups -OCH3 is 1. The highest BCUT2D eigenvalue weighted by Gasteiger charge is 2.60. The molecule has 1 N–H and O–H groups in total. The van der Waals surface area contributed by atoms with Crippen molar-refractivity contribution in [1.29, 1.82) is 10.5 Å². The highest BCUT2D eigenvalue weighted by Crippen LogP contribution is 2.48. The van der Waals surface area contributed by atoms with Crippen molar-refractivity contribution in [3.63, 3.8) is 0 Å². The van der Waals surface area contributed by atoms with Gasteiger partial charge in [0.25, 0.3) is 0 Å². The van der Waals surface area contributed by atoms with E-state index in [9.17, 15) is 29.1 Å². The number of carbonyl (C=O) groups excluding carboxylic acids is 5. The Bertz CT molecular complexity index is 5990. The van der Waals surface area contributed by atoms with Crippen molar-refractivity contribution in [2.24, 2.45) is 0 Å². The summed E-state index contributed by atoms with van der Waals surface area (Å²) in [5, 5.41) is 31.3. The first-order valence-electron chi connectivity index (χ1n) is 52.3. The summed E-state index contributed by atoms with van der Waals surface area (Å²) in [4.78, 5) is 60.5. The van der Waals surface area contributed by atoms with Crippen LogP contribution in [0.25, 0.3) is 0 Å². The van der Waals surface area contributed by atoms with Crippen LogP contribution in [0.5, 0.6) is 0 Å². The minimum Gasteiger partial charge on any atom is -0.463 e. The molecule has 23 nitrogen and oxygen atoms in total. The van der Waals surface area contributed by atoms with Gasteiger partial charge in [0.2, 0.25) is 5.79 Å². The summed E-state index contributed by atoms with van der Waals surface area (Å²) in [6, 6.07) is 62.7. The Hall–Kier alpha value is -8.50. The van der Waals surface area contributed by atoms with Crippen molar-refractivity contribution in [3.8, 4) is 36.8 Å². The van der Waals surface area contributed by atoms with Crippen molar-refractivity contribution < 1.29 is 98.0 Å². The van der Waals surface area contributed by atoms with E-state index in [0.717, 1.165) is 73.7 Å². The molecule has 32 heteroatoms. The molecular weight excluding hydrogens is 2180 g/mol. The fourth-order valence-electron chi connectivity index (χ4n) is 18.4. The molecule has 8 aromatic carbocycles. The van der Waals surface area contributed by atoms with Crippen molar-refractivity contribution in [2.45, 2.75) is 351 Å². The van der Waals surface area contributed by atoms with Crippen LogP contribution >= 0.6 is 38.5 Å². The molecular formula is C118H156BrIN2O21Si7. The van der Waals surface area contributed by atoms with Gasteiger partial charge in [-0.05, 0) is 388 Å². The molecule has 150 heavy (non-hydrogen) atoms. The van der Waals surface area contributed by atoms with Gasteiger partial charge in [0.05, 0.1) is 36.5 Å². The number of benzene rings is 8. The predicted octanol–water partition coefficient (Wildman–Crippen LogP) is 24.8. The Morgan fingerprint density at radius 2 is 0.753 bits per heavy atom. The summed E-state index contributed by atoms with van der Waals surface area (Å²) in [6.07, 6.45) is 14.9. The third kappa shape index (κ3) is 38.2. The van der Waals surface area contributed by atoms with Crippen LogP contribution in [-0.2, 0) is 124 Å². The molecule has 14 atom stereocenters. The van der Waals surface area contributed by atoms with E-state index in [1.54, 1.807) is 12.1 Å². The van der Waals surface area contributed by atoms with Gasteiger partial charge in [-0.1, -0.05) is 143 Å². The topological polar surface area (TPSA) is 292 Å². The third-order valence-corrected chi connectivity index (χ3v) is 33.7. The SMILES string of the molecule is C#Cc1ccc([C@@H]2O[C@H](COC(C)=O)[C@@H](OC(C)=O)[C@H](OC(C)=O)[C@H]2OC(C)=O)cc1Cc1ccc(C2CC2)cc1.C#Cc1ccc([C@]2(O)O[C@H](CO[Si](C)(C)C)[C@@H](O[Si](C)(C)C)[C@H](O[Si](C)(C)C)[C@H]2O[Si](C)(C)C)cc1Cc1ccc(C2CC2)cc1.CO[C@H]1C(=O)O[C@H](CO[Si](C)(C)C)[C@@H](O[Si](C)(C)C)[C@@H]1O[Si](C)(C)C.N#Cc1ccc(Br)cc1Cc1ccc(C2CC2)cc1.N#Cc1ccc(I)cc1Cc1ccc(C2CC2)cc1. The lowest BCUT2D eigenvalue weighted by Crippen LogP contribution is -2.69. The number of esters is 5. The van der Waals surface area contributed by atoms with Crippen molar-refractivity contribution in [3.05, 3.63) is 278 Å². The summed E-state index contributed by atoms with van der Waals surface area (Å²) < 4.78 is 94.4. The smallest absolute Gasteiger partial charge is 0.338 e. The number of hydrogen-bond acceptors (Lipinski definition) is 23. The van der Waals surface area contributed by atoms with Gasteiger partial charge in [0.1, 0.15) is 55.4 Å². The Morgan fingerprint density at radius 1 is 0.400 bits per heavy atom. The Morgan fingerprint density at radius 3 is 1.14 bits per heavy atom. The van der Waals surface area contributed by atoms with E-state index in [1.807, 2.05) is 54.6 Å². The molecule has 0 aromatic heterocycles. The van der Waals surface area contributed by atoms with Crippen LogP contribution in [0.3, 0.4) is 0 Å². The standard InChI is InChI=1S/C36H58O6Si4.C32H34O9.C17H14BrN.C17H14IN.C16H36O6Si3/c1-14-27-21-22-31(24-30(27)23-26-15-17-28(18-16-26)29-19-20-29)36(37)35(42-46(11,12)13)34(41-45(8,9)10)33(40-44(5,6)7)32(39-36)25-38-43(2,3)4;1-6-23-11-14-26(16-27(23)15-22-7-9-24(10-8-22)25-12-13-25)29-31(39-20(4)35)32(40-21(5)36)30(38-19(3)34)28(41-29)17-37-18(2)33;2*18-17-8-7-15(11-19)16(10-17)9-12-1-3-13(4-2-12)14-5-6-14;1-18-15-14(22-25(8,9)10)13(21-24(5,6)7)12(20-16(15)17)11-19-23(2,3)4/h1,15-18,21-22,24,29,32-35,37H,19-20,23,25H2,2-13H3;1,7-11,14,16,25,28-32H,12-13,15,17H2,2-5H3;2*1-4,7-8,10,14H,5-6,9H2;12-15H,11H2,1-10H3/t32-,33-,34+,35-,36+;28-,29+,30-,31+,32+;;;12-,13-,14+,15-/m11..1/s1. The average Bonchev–Trinajstić information content (AvgIpc) is 1.72. The second-order valence-corrected chi connectivity index (χ2v) is 80.5. The average molecular weight is 2340 g/mol. The number of rotatable bonds is 36. The molecule has 0 radical (unpaired) electrons. The van der Waals surface area contributed by atoms with Crippen LogP contribution in [0, 0.1) is 50.9 Å². The van der Waals surface area contributed by atoms with E-state index < -0.39 is 167 Å². The maximum Gasteiger partial charge on any atom is 0.338 e. The highest BCUT2D eigenvalue weighted by molar-refractivity contribution is 14.1. The quantitative estimate of drug-likeness (QED) is 0.0125. The van der Waals surface area contributed by atoms with E-state index in [2.05, 4.69) is 303 Å². The summed E-state index contributed by atoms with van der Waals surface area (Å²) in [5.41, 5.74) is 18.7. The third-order valence-electron chi connectivity index (χ3n) is 25.6. The largest absolute Gasteiger partial charge is 0.463 e. The number of nitrogens with zero attached hydrogens (tertiary/aromatic N) is 2. The summed E-state index contributed by atoms with van der Waals surface area (Å²) in [5.74, 6) is 3.73. The van der Waals surface area contributed by atoms with E-state index in [1.165, 1.54) is 129 Å². The molecule has 0 bridgehead atoms. The second-order valence-electron chi connectivity index (χ2n) is 47.1. The zero-order valence-electron chi connectivity index (χ0n) is 92.5. The van der Waals surface area contributed by atoms with Gasteiger partial charge in [-0.3, -0.25) is 19.2 Å². The number of halogens is 2. The maximum atomic E-state index is 13.0. The Labute approximate surface area is 920 Å². The maximum absolute atomic E-state index is 13.0. The fourth-order valence-corrected chi connectivity index (χ4v) is 26.1. The molecule has 7 aliphatic rings. The molecule has 7 fully saturated rings. The molecule has 0 spiro atoms. The monoisotopic (exact) mass is 2340 g/mol. The van der Waals surface area contributed by atoms with Gasteiger partial charge in [-0.15, -0.1) is 12.8 Å². The van der Waals surface area contributed by atoms with Gasteiger partial charge < -0.3 is 74.0 Å². The van der Waals surface area contributed by atoms with Crippen molar-refractivity contribution in [2.75, 3.05) is 26.9 Å². The van der Waals surface area contributed by atoms with Gasteiger partial charge >= 0.3 is 29.8 Å². The number of nitriles is 2. The molecule has 0 amide bonds. The number of carbonyl (C=O) groups is 5.